The Balaban J connectivity index is 2.85. The van der Waals surface area contributed by atoms with Gasteiger partial charge < -0.3 is 14.8 Å². The number of carbonyl (C=O) groups excluding carboxylic acids is 2. The monoisotopic (exact) mass is 285 g/mol. The number of halogens is 2. The van der Waals surface area contributed by atoms with Gasteiger partial charge in [0.1, 0.15) is 11.9 Å². The van der Waals surface area contributed by atoms with Crippen molar-refractivity contribution in [3.8, 4) is 0 Å². The molecule has 0 bridgehead atoms. The van der Waals surface area contributed by atoms with Crippen LogP contribution in [0, 0.1) is 11.6 Å². The molecule has 0 unspecified atom stereocenters. The van der Waals surface area contributed by atoms with Crippen LogP contribution in [0.4, 0.5) is 13.6 Å². The second-order valence-electron chi connectivity index (χ2n) is 5.27. The summed E-state index contributed by atoms with van der Waals surface area (Å²) in [5.74, 6) is -2.03. The third-order valence-corrected chi connectivity index (χ3v) is 2.37. The van der Waals surface area contributed by atoms with Crippen LogP contribution in [0.25, 0.3) is 0 Å². The molecule has 0 saturated carbocycles. The zero-order chi connectivity index (χ0) is 15.3. The van der Waals surface area contributed by atoms with Gasteiger partial charge in [0.25, 0.3) is 0 Å². The predicted molar refractivity (Wildman–Crippen MR) is 69.1 cm³/mol. The molecule has 0 radical (unpaired) electrons. The van der Waals surface area contributed by atoms with Crippen LogP contribution in [-0.2, 0) is 9.53 Å². The molecule has 0 saturated heterocycles. The summed E-state index contributed by atoms with van der Waals surface area (Å²) in [7, 11) is 0. The molecule has 0 aliphatic heterocycles. The third kappa shape index (κ3) is 4.95. The molecular formula is C14H17F2NO3. The normalized spacial score (nSPS) is 12.7. The van der Waals surface area contributed by atoms with E-state index in [0.717, 1.165) is 12.1 Å². The number of ether oxygens (including phenoxy) is 1. The minimum atomic E-state index is -1.04. The Labute approximate surface area is 116 Å². The van der Waals surface area contributed by atoms with E-state index in [1.54, 1.807) is 20.8 Å². The summed E-state index contributed by atoms with van der Waals surface area (Å²) in [6.45, 7) is 5.08. The molecule has 20 heavy (non-hydrogen) atoms. The van der Waals surface area contributed by atoms with Gasteiger partial charge in [0.15, 0.2) is 11.6 Å². The quantitative estimate of drug-likeness (QED) is 0.865. The van der Waals surface area contributed by atoms with E-state index >= 15 is 0 Å². The molecule has 110 valence electrons. The van der Waals surface area contributed by atoms with Crippen LogP contribution in [0.2, 0.25) is 0 Å². The van der Waals surface area contributed by atoms with Crippen LogP contribution in [0.3, 0.4) is 0 Å². The number of nitrogens with one attached hydrogen (secondary N) is 1. The second kappa shape index (κ2) is 6.45. The van der Waals surface area contributed by atoms with Crippen LogP contribution in [-0.4, -0.2) is 18.0 Å². The molecular weight excluding hydrogens is 268 g/mol. The summed E-state index contributed by atoms with van der Waals surface area (Å²) >= 11 is 0. The summed E-state index contributed by atoms with van der Waals surface area (Å²) in [4.78, 5) is 22.3. The van der Waals surface area contributed by atoms with Crippen molar-refractivity contribution in [1.82, 2.24) is 5.32 Å². The van der Waals surface area contributed by atoms with Gasteiger partial charge in [-0.2, -0.15) is 0 Å². The molecule has 1 atom stereocenters. The number of hydrogen-bond acceptors (Lipinski definition) is 3. The molecule has 1 N–H and O–H groups in total. The lowest BCUT2D eigenvalue weighted by Gasteiger charge is -2.23. The smallest absolute Gasteiger partial charge is 0.408 e. The van der Waals surface area contributed by atoms with Gasteiger partial charge in [-0.1, -0.05) is 6.07 Å². The summed E-state index contributed by atoms with van der Waals surface area (Å²) in [6, 6.07) is 2.43. The molecule has 4 nitrogen and oxygen atoms in total. The van der Waals surface area contributed by atoms with Gasteiger partial charge in [-0.15, -0.1) is 0 Å². The Bertz CT molecular complexity index is 498. The fraction of sp³-hybridized carbons (Fsp3) is 0.429. The van der Waals surface area contributed by atoms with Crippen LogP contribution < -0.4 is 5.32 Å². The first-order chi connectivity index (χ1) is 9.23. The van der Waals surface area contributed by atoms with E-state index in [1.807, 2.05) is 0 Å². The van der Waals surface area contributed by atoms with Crippen molar-refractivity contribution >= 4 is 12.4 Å². The molecule has 1 rings (SSSR count). The van der Waals surface area contributed by atoms with Crippen molar-refractivity contribution in [2.75, 3.05) is 0 Å². The molecule has 6 heteroatoms. The van der Waals surface area contributed by atoms with Crippen LogP contribution >= 0.6 is 0 Å². The number of hydrogen-bond donors (Lipinski definition) is 1. The van der Waals surface area contributed by atoms with Gasteiger partial charge in [0.05, 0.1) is 6.04 Å². The molecule has 1 amide bonds. The van der Waals surface area contributed by atoms with Crippen LogP contribution in [0.1, 0.15) is 38.8 Å². The Hall–Kier alpha value is -1.98. The largest absolute Gasteiger partial charge is 0.444 e. The molecule has 0 aliphatic rings. The highest BCUT2D eigenvalue weighted by molar-refractivity contribution is 5.69. The summed E-state index contributed by atoms with van der Waals surface area (Å²) in [6.07, 6.45) is -0.206. The van der Waals surface area contributed by atoms with Gasteiger partial charge in [0.2, 0.25) is 0 Å². The molecule has 1 aromatic rings. The van der Waals surface area contributed by atoms with Crippen molar-refractivity contribution in [3.05, 3.63) is 35.4 Å². The highest BCUT2D eigenvalue weighted by Crippen LogP contribution is 2.19. The maximum absolute atomic E-state index is 13.2. The molecule has 0 aromatic heterocycles. The zero-order valence-corrected chi connectivity index (χ0v) is 11.6. The van der Waals surface area contributed by atoms with Crippen LogP contribution in [0.15, 0.2) is 18.2 Å². The number of amides is 1. The molecule has 0 heterocycles. The molecule has 0 aliphatic carbocycles. The lowest BCUT2D eigenvalue weighted by Crippen LogP contribution is -2.35. The standard InChI is InChI=1S/C14H17F2NO3/c1-14(2,3)20-13(19)17-12(6-7-18)9-4-5-10(15)11(16)8-9/h4-5,7-8,12H,6H2,1-3H3,(H,17,19)/t12-/m0/s1. The Morgan fingerprint density at radius 1 is 1.35 bits per heavy atom. The van der Waals surface area contributed by atoms with Crippen molar-refractivity contribution < 1.29 is 23.1 Å². The fourth-order valence-electron chi connectivity index (χ4n) is 1.55. The second-order valence-corrected chi connectivity index (χ2v) is 5.27. The first-order valence-corrected chi connectivity index (χ1v) is 6.11. The Kier molecular flexibility index (Phi) is 5.19. The Morgan fingerprint density at radius 2 is 2.00 bits per heavy atom. The van der Waals surface area contributed by atoms with Gasteiger partial charge in [0, 0.05) is 6.42 Å². The maximum atomic E-state index is 13.2. The maximum Gasteiger partial charge on any atom is 0.408 e. The average Bonchev–Trinajstić information content (AvgIpc) is 2.30. The summed E-state index contributed by atoms with van der Waals surface area (Å²) in [5, 5.41) is 2.46. The van der Waals surface area contributed by atoms with E-state index in [1.165, 1.54) is 6.07 Å². The summed E-state index contributed by atoms with van der Waals surface area (Å²) in [5.41, 5.74) is -0.397. The topological polar surface area (TPSA) is 55.4 Å². The minimum Gasteiger partial charge on any atom is -0.444 e. The highest BCUT2D eigenvalue weighted by Gasteiger charge is 2.21. The van der Waals surface area contributed by atoms with Crippen molar-refractivity contribution in [2.24, 2.45) is 0 Å². The first-order valence-electron chi connectivity index (χ1n) is 6.11. The molecule has 1 aromatic carbocycles. The van der Waals surface area contributed by atoms with E-state index in [-0.39, 0.29) is 6.42 Å². The lowest BCUT2D eigenvalue weighted by molar-refractivity contribution is -0.108. The Morgan fingerprint density at radius 3 is 2.50 bits per heavy atom. The number of aldehydes is 1. The first kappa shape index (κ1) is 16.1. The predicted octanol–water partition coefficient (Wildman–Crippen LogP) is 3.12. The van der Waals surface area contributed by atoms with Gasteiger partial charge in [-0.05, 0) is 38.5 Å². The van der Waals surface area contributed by atoms with E-state index in [2.05, 4.69) is 5.32 Å². The van der Waals surface area contributed by atoms with E-state index in [4.69, 9.17) is 4.74 Å². The van der Waals surface area contributed by atoms with Crippen LogP contribution in [0.5, 0.6) is 0 Å². The van der Waals surface area contributed by atoms with Gasteiger partial charge in [-0.25, -0.2) is 13.6 Å². The fourth-order valence-corrected chi connectivity index (χ4v) is 1.55. The van der Waals surface area contributed by atoms with Gasteiger partial charge >= 0.3 is 6.09 Å². The van der Waals surface area contributed by atoms with Crippen molar-refractivity contribution in [1.29, 1.82) is 0 Å². The number of benzene rings is 1. The molecule has 0 spiro atoms. The van der Waals surface area contributed by atoms with Gasteiger partial charge in [-0.3, -0.25) is 0 Å². The zero-order valence-electron chi connectivity index (χ0n) is 11.6. The third-order valence-electron chi connectivity index (χ3n) is 2.37. The number of alkyl carbamates (subject to hydrolysis) is 1. The minimum absolute atomic E-state index is 0.0652. The number of carbonyl (C=O) groups is 2. The average molecular weight is 285 g/mol. The van der Waals surface area contributed by atoms with Crippen molar-refractivity contribution in [3.63, 3.8) is 0 Å². The van der Waals surface area contributed by atoms with E-state index < -0.39 is 29.4 Å². The lowest BCUT2D eigenvalue weighted by atomic mass is 10.0. The highest BCUT2D eigenvalue weighted by atomic mass is 19.2. The molecule has 0 fully saturated rings. The number of rotatable bonds is 4. The SMILES string of the molecule is CC(C)(C)OC(=O)N[C@@H](CC=O)c1ccc(F)c(F)c1. The van der Waals surface area contributed by atoms with E-state index in [9.17, 15) is 18.4 Å². The van der Waals surface area contributed by atoms with Crippen molar-refractivity contribution in [2.45, 2.75) is 38.8 Å². The van der Waals surface area contributed by atoms with E-state index in [0.29, 0.717) is 11.8 Å². The summed E-state index contributed by atoms with van der Waals surface area (Å²) < 4.78 is 31.1.